The Bertz CT molecular complexity index is 357. The van der Waals surface area contributed by atoms with Gasteiger partial charge in [0.1, 0.15) is 13.2 Å². The molecular weight excluding hydrogens is 202 g/mol. The van der Waals surface area contributed by atoms with Gasteiger partial charge in [0.2, 0.25) is 0 Å². The van der Waals surface area contributed by atoms with E-state index in [1.165, 1.54) is 0 Å². The predicted octanol–water partition coefficient (Wildman–Crippen LogP) is 2.75. The molecule has 0 aliphatic carbocycles. The van der Waals surface area contributed by atoms with Gasteiger partial charge in [-0.05, 0) is 17.3 Å². The van der Waals surface area contributed by atoms with Crippen LogP contribution in [0.4, 0.5) is 0 Å². The summed E-state index contributed by atoms with van der Waals surface area (Å²) in [7, 11) is 0. The highest BCUT2D eigenvalue weighted by atomic mass is 16.6. The summed E-state index contributed by atoms with van der Waals surface area (Å²) < 4.78 is 5.40. The highest BCUT2D eigenvalue weighted by Crippen LogP contribution is 2.03. The molecule has 3 heteroatoms. The summed E-state index contributed by atoms with van der Waals surface area (Å²) in [6.07, 6.45) is 3.28. The number of nitrogens with zero attached hydrogens (tertiary/aromatic N) is 1. The predicted molar refractivity (Wildman–Crippen MR) is 65.3 cm³/mol. The first-order valence-electron chi connectivity index (χ1n) is 4.98. The van der Waals surface area contributed by atoms with Crippen molar-refractivity contribution in [2.75, 3.05) is 13.2 Å². The summed E-state index contributed by atoms with van der Waals surface area (Å²) in [4.78, 5) is 5.01. The first-order valence-corrected chi connectivity index (χ1v) is 4.98. The molecule has 0 N–H and O–H groups in total. The maximum Gasteiger partial charge on any atom is 0.257 e. The lowest BCUT2D eigenvalue weighted by Gasteiger charge is -2.06. The maximum atomic E-state index is 5.40. The Hall–Kier alpha value is -2.03. The molecule has 0 atom stereocenters. The molecule has 0 spiro atoms. The van der Waals surface area contributed by atoms with Crippen LogP contribution in [0.1, 0.15) is 5.56 Å². The van der Waals surface area contributed by atoms with Crippen molar-refractivity contribution >= 4 is 5.90 Å². The minimum Gasteiger partial charge on any atom is -0.471 e. The second kappa shape index (κ2) is 7.29. The van der Waals surface area contributed by atoms with E-state index in [1.807, 2.05) is 30.3 Å². The number of hydrogen-bond acceptors (Lipinski definition) is 3. The van der Waals surface area contributed by atoms with Crippen molar-refractivity contribution in [3.63, 3.8) is 0 Å². The van der Waals surface area contributed by atoms with Gasteiger partial charge in [0.25, 0.3) is 5.90 Å². The Balaban J connectivity index is 2.74. The first kappa shape index (κ1) is 12.0. The zero-order chi connectivity index (χ0) is 11.6. The SMILES string of the molecule is C=CCON=C(OCC=C)c1ccccc1. The summed E-state index contributed by atoms with van der Waals surface area (Å²) in [5, 5.41) is 3.90. The van der Waals surface area contributed by atoms with E-state index in [1.54, 1.807) is 12.2 Å². The fourth-order valence-corrected chi connectivity index (χ4v) is 1.03. The molecule has 1 aromatic carbocycles. The molecule has 0 aliphatic heterocycles. The standard InChI is InChI=1S/C13H15NO2/c1-3-10-15-13(14-16-11-4-2)12-8-6-5-7-9-12/h3-9H,1-2,10-11H2. The third-order valence-corrected chi connectivity index (χ3v) is 1.70. The fourth-order valence-electron chi connectivity index (χ4n) is 1.03. The largest absolute Gasteiger partial charge is 0.471 e. The van der Waals surface area contributed by atoms with Gasteiger partial charge in [-0.25, -0.2) is 0 Å². The van der Waals surface area contributed by atoms with Crippen LogP contribution in [-0.2, 0) is 9.57 Å². The van der Waals surface area contributed by atoms with Crippen molar-refractivity contribution in [2.24, 2.45) is 5.16 Å². The molecule has 84 valence electrons. The van der Waals surface area contributed by atoms with E-state index in [0.29, 0.717) is 19.1 Å². The van der Waals surface area contributed by atoms with Crippen LogP contribution in [0.2, 0.25) is 0 Å². The van der Waals surface area contributed by atoms with E-state index in [9.17, 15) is 0 Å². The molecular formula is C13H15NO2. The van der Waals surface area contributed by atoms with Gasteiger partial charge >= 0.3 is 0 Å². The van der Waals surface area contributed by atoms with Crippen molar-refractivity contribution < 1.29 is 9.57 Å². The van der Waals surface area contributed by atoms with Crippen molar-refractivity contribution in [1.29, 1.82) is 0 Å². The summed E-state index contributed by atoms with van der Waals surface area (Å²) >= 11 is 0. The van der Waals surface area contributed by atoms with Crippen LogP contribution in [0.5, 0.6) is 0 Å². The highest BCUT2D eigenvalue weighted by Gasteiger charge is 2.03. The van der Waals surface area contributed by atoms with Crippen LogP contribution in [0.15, 0.2) is 60.8 Å². The van der Waals surface area contributed by atoms with Gasteiger partial charge in [0.05, 0.1) is 0 Å². The Morgan fingerprint density at radius 2 is 1.81 bits per heavy atom. The normalized spacial score (nSPS) is 10.6. The quantitative estimate of drug-likeness (QED) is 0.241. The molecule has 0 heterocycles. The number of benzene rings is 1. The van der Waals surface area contributed by atoms with E-state index in [4.69, 9.17) is 9.57 Å². The number of hydrogen-bond donors (Lipinski definition) is 0. The first-order chi connectivity index (χ1) is 7.88. The van der Waals surface area contributed by atoms with Gasteiger partial charge in [0.15, 0.2) is 0 Å². The van der Waals surface area contributed by atoms with Gasteiger partial charge in [-0.2, -0.15) is 0 Å². The molecule has 0 unspecified atom stereocenters. The smallest absolute Gasteiger partial charge is 0.257 e. The van der Waals surface area contributed by atoms with Crippen LogP contribution < -0.4 is 0 Å². The van der Waals surface area contributed by atoms with Gasteiger partial charge in [-0.1, -0.05) is 43.5 Å². The highest BCUT2D eigenvalue weighted by molar-refractivity contribution is 5.93. The Morgan fingerprint density at radius 1 is 1.12 bits per heavy atom. The zero-order valence-corrected chi connectivity index (χ0v) is 9.13. The fraction of sp³-hybridized carbons (Fsp3) is 0.154. The molecule has 16 heavy (non-hydrogen) atoms. The summed E-state index contributed by atoms with van der Waals surface area (Å²) in [5.41, 5.74) is 0.869. The summed E-state index contributed by atoms with van der Waals surface area (Å²) in [6, 6.07) is 9.56. The zero-order valence-electron chi connectivity index (χ0n) is 9.13. The molecule has 0 fully saturated rings. The van der Waals surface area contributed by atoms with Crippen LogP contribution in [0.25, 0.3) is 0 Å². The average molecular weight is 217 g/mol. The van der Waals surface area contributed by atoms with Crippen LogP contribution >= 0.6 is 0 Å². The van der Waals surface area contributed by atoms with Gasteiger partial charge in [0, 0.05) is 5.56 Å². The van der Waals surface area contributed by atoms with Gasteiger partial charge in [-0.15, -0.1) is 0 Å². The molecule has 3 nitrogen and oxygen atoms in total. The van der Waals surface area contributed by atoms with Crippen LogP contribution in [0, 0.1) is 0 Å². The monoisotopic (exact) mass is 217 g/mol. The Kier molecular flexibility index (Phi) is 5.48. The molecule has 0 bridgehead atoms. The van der Waals surface area contributed by atoms with E-state index in [0.717, 1.165) is 5.56 Å². The third kappa shape index (κ3) is 4.00. The van der Waals surface area contributed by atoms with Crippen LogP contribution in [0.3, 0.4) is 0 Å². The maximum absolute atomic E-state index is 5.40. The van der Waals surface area contributed by atoms with Gasteiger partial charge < -0.3 is 9.57 Å². The van der Waals surface area contributed by atoms with Crippen molar-refractivity contribution in [3.05, 3.63) is 61.2 Å². The minimum atomic E-state index is 0.355. The molecule has 0 aromatic heterocycles. The molecule has 1 rings (SSSR count). The molecule has 0 saturated heterocycles. The number of oxime groups is 1. The minimum absolute atomic E-state index is 0.355. The topological polar surface area (TPSA) is 30.8 Å². The van der Waals surface area contributed by atoms with Crippen LogP contribution in [-0.4, -0.2) is 19.1 Å². The van der Waals surface area contributed by atoms with Gasteiger partial charge in [-0.3, -0.25) is 0 Å². The van der Waals surface area contributed by atoms with E-state index >= 15 is 0 Å². The Morgan fingerprint density at radius 3 is 2.44 bits per heavy atom. The van der Waals surface area contributed by atoms with E-state index in [2.05, 4.69) is 18.3 Å². The van der Waals surface area contributed by atoms with Crippen molar-refractivity contribution in [2.45, 2.75) is 0 Å². The average Bonchev–Trinajstić information content (AvgIpc) is 2.35. The second-order valence-electron chi connectivity index (χ2n) is 2.95. The third-order valence-electron chi connectivity index (χ3n) is 1.70. The molecule has 0 radical (unpaired) electrons. The Labute approximate surface area is 95.7 Å². The van der Waals surface area contributed by atoms with Crippen molar-refractivity contribution in [1.82, 2.24) is 0 Å². The van der Waals surface area contributed by atoms with E-state index < -0.39 is 0 Å². The second-order valence-corrected chi connectivity index (χ2v) is 2.95. The lowest BCUT2D eigenvalue weighted by atomic mass is 10.2. The lowest BCUT2D eigenvalue weighted by Crippen LogP contribution is -2.07. The summed E-state index contributed by atoms with van der Waals surface area (Å²) in [6.45, 7) is 7.88. The molecule has 1 aromatic rings. The number of rotatable bonds is 6. The molecule has 0 saturated carbocycles. The molecule has 0 amide bonds. The van der Waals surface area contributed by atoms with E-state index in [-0.39, 0.29) is 0 Å². The summed E-state index contributed by atoms with van der Waals surface area (Å²) in [5.74, 6) is 0.447. The van der Waals surface area contributed by atoms with Crippen molar-refractivity contribution in [3.8, 4) is 0 Å². The molecule has 0 aliphatic rings. The number of ether oxygens (including phenoxy) is 1. The lowest BCUT2D eigenvalue weighted by molar-refractivity contribution is 0.162.